The molecular weight excluding hydrogens is 388 g/mol. The number of nitrogens with zero attached hydrogens (tertiary/aromatic N) is 2. The molecule has 0 bridgehead atoms. The van der Waals surface area contributed by atoms with Crippen molar-refractivity contribution in [2.75, 3.05) is 7.11 Å². The second kappa shape index (κ2) is 7.94. The number of rotatable bonds is 6. The highest BCUT2D eigenvalue weighted by Gasteiger charge is 2.14. The molecule has 0 aliphatic heterocycles. The summed E-state index contributed by atoms with van der Waals surface area (Å²) in [6.45, 7) is -0.0719. The number of carbonyl (C=O) groups excluding carboxylic acids is 1. The van der Waals surface area contributed by atoms with Crippen molar-refractivity contribution in [3.63, 3.8) is 0 Å². The van der Waals surface area contributed by atoms with Crippen molar-refractivity contribution in [1.82, 2.24) is 10.1 Å². The van der Waals surface area contributed by atoms with Gasteiger partial charge in [-0.25, -0.2) is 0 Å². The predicted molar refractivity (Wildman–Crippen MR) is 93.9 cm³/mol. The molecule has 3 aromatic rings. The maximum Gasteiger partial charge on any atom is 0.310 e. The summed E-state index contributed by atoms with van der Waals surface area (Å²) in [4.78, 5) is 16.1. The second-order valence-electron chi connectivity index (χ2n) is 5.18. The van der Waals surface area contributed by atoms with Gasteiger partial charge in [-0.3, -0.25) is 4.79 Å². The first-order chi connectivity index (χ1) is 12.2. The van der Waals surface area contributed by atoms with Gasteiger partial charge in [0.1, 0.15) is 5.75 Å². The van der Waals surface area contributed by atoms with Gasteiger partial charge in [0.15, 0.2) is 6.61 Å². The Balaban J connectivity index is 1.60. The number of methoxy groups -OCH3 is 1. The number of ether oxygens (including phenoxy) is 2. The third kappa shape index (κ3) is 4.45. The Morgan fingerprint density at radius 3 is 2.68 bits per heavy atom. The minimum atomic E-state index is -0.362. The van der Waals surface area contributed by atoms with E-state index in [4.69, 9.17) is 14.0 Å². The van der Waals surface area contributed by atoms with Crippen LogP contribution >= 0.6 is 15.9 Å². The van der Waals surface area contributed by atoms with Crippen LogP contribution in [0.2, 0.25) is 0 Å². The van der Waals surface area contributed by atoms with Crippen LogP contribution < -0.4 is 4.74 Å². The fraction of sp³-hybridized carbons (Fsp3) is 0.167. The molecule has 0 unspecified atom stereocenters. The summed E-state index contributed by atoms with van der Waals surface area (Å²) in [5.41, 5.74) is 1.58. The van der Waals surface area contributed by atoms with Crippen LogP contribution in [-0.2, 0) is 22.6 Å². The maximum absolute atomic E-state index is 11.9. The number of esters is 1. The summed E-state index contributed by atoms with van der Waals surface area (Å²) < 4.78 is 16.6. The molecule has 0 spiro atoms. The Labute approximate surface area is 152 Å². The van der Waals surface area contributed by atoms with Gasteiger partial charge in [-0.05, 0) is 29.8 Å². The van der Waals surface area contributed by atoms with Crippen LogP contribution in [0.5, 0.6) is 5.75 Å². The zero-order valence-corrected chi connectivity index (χ0v) is 15.0. The lowest BCUT2D eigenvalue weighted by atomic mass is 10.2. The lowest BCUT2D eigenvalue weighted by Gasteiger charge is -2.03. The van der Waals surface area contributed by atoms with Gasteiger partial charge < -0.3 is 14.0 Å². The molecule has 0 aliphatic carbocycles. The van der Waals surface area contributed by atoms with Gasteiger partial charge in [0.25, 0.3) is 5.89 Å². The first-order valence-electron chi connectivity index (χ1n) is 7.52. The quantitative estimate of drug-likeness (QED) is 0.583. The van der Waals surface area contributed by atoms with Crippen molar-refractivity contribution < 1.29 is 18.8 Å². The molecule has 0 amide bonds. The Morgan fingerprint density at radius 2 is 1.92 bits per heavy atom. The van der Waals surface area contributed by atoms with Crippen LogP contribution in [-0.4, -0.2) is 23.2 Å². The molecule has 128 valence electrons. The number of para-hydroxylation sites is 1. The Morgan fingerprint density at radius 1 is 1.16 bits per heavy atom. The molecule has 25 heavy (non-hydrogen) atoms. The Hall–Kier alpha value is -2.67. The minimum Gasteiger partial charge on any atom is -0.496 e. The van der Waals surface area contributed by atoms with Gasteiger partial charge in [0, 0.05) is 4.47 Å². The number of hydrogen-bond acceptors (Lipinski definition) is 6. The topological polar surface area (TPSA) is 74.5 Å². The van der Waals surface area contributed by atoms with E-state index in [0.717, 1.165) is 10.0 Å². The first-order valence-corrected chi connectivity index (χ1v) is 8.31. The summed E-state index contributed by atoms with van der Waals surface area (Å²) in [6.07, 6.45) is 0.181. The van der Waals surface area contributed by atoms with E-state index in [1.165, 1.54) is 0 Å². The number of benzene rings is 2. The molecule has 0 fully saturated rings. The third-order valence-corrected chi connectivity index (χ3v) is 3.96. The van der Waals surface area contributed by atoms with Gasteiger partial charge in [-0.15, -0.1) is 0 Å². The number of hydrogen-bond donors (Lipinski definition) is 0. The fourth-order valence-electron chi connectivity index (χ4n) is 2.21. The van der Waals surface area contributed by atoms with E-state index in [-0.39, 0.29) is 24.9 Å². The fourth-order valence-corrected chi connectivity index (χ4v) is 2.48. The zero-order chi connectivity index (χ0) is 17.6. The highest BCUT2D eigenvalue weighted by atomic mass is 79.9. The summed E-state index contributed by atoms with van der Waals surface area (Å²) in [5, 5.41) is 3.90. The molecule has 7 heteroatoms. The van der Waals surface area contributed by atoms with Gasteiger partial charge in [-0.2, -0.15) is 4.98 Å². The van der Waals surface area contributed by atoms with E-state index in [2.05, 4.69) is 26.1 Å². The third-order valence-electron chi connectivity index (χ3n) is 3.43. The van der Waals surface area contributed by atoms with E-state index < -0.39 is 0 Å². The maximum atomic E-state index is 11.9. The van der Waals surface area contributed by atoms with Crippen molar-refractivity contribution in [3.05, 3.63) is 64.5 Å². The molecule has 1 aromatic heterocycles. The van der Waals surface area contributed by atoms with Crippen molar-refractivity contribution in [2.45, 2.75) is 13.0 Å². The predicted octanol–water partition coefficient (Wildman–Crippen LogP) is 3.79. The van der Waals surface area contributed by atoms with E-state index >= 15 is 0 Å². The second-order valence-corrected chi connectivity index (χ2v) is 6.09. The average molecular weight is 403 g/mol. The van der Waals surface area contributed by atoms with E-state index in [1.807, 2.05) is 48.5 Å². The molecular formula is C18H15BrN2O4. The van der Waals surface area contributed by atoms with Gasteiger partial charge in [0.2, 0.25) is 5.82 Å². The zero-order valence-electron chi connectivity index (χ0n) is 13.4. The van der Waals surface area contributed by atoms with Crippen LogP contribution in [0.4, 0.5) is 0 Å². The lowest BCUT2D eigenvalue weighted by molar-refractivity contribution is -0.144. The molecule has 6 nitrogen and oxygen atoms in total. The van der Waals surface area contributed by atoms with Gasteiger partial charge in [0.05, 0.1) is 19.1 Å². The van der Waals surface area contributed by atoms with Gasteiger partial charge in [-0.1, -0.05) is 45.4 Å². The van der Waals surface area contributed by atoms with Crippen LogP contribution in [0.15, 0.2) is 57.5 Å². The van der Waals surface area contributed by atoms with Crippen LogP contribution in [0.3, 0.4) is 0 Å². The number of halogens is 1. The van der Waals surface area contributed by atoms with Crippen molar-refractivity contribution in [3.8, 4) is 17.1 Å². The molecule has 0 saturated heterocycles. The molecule has 2 aromatic carbocycles. The standard InChI is InChI=1S/C18H15BrN2O4/c1-23-15-5-3-2-4-14(15)18-20-16(25-21-18)11-24-17(22)10-12-6-8-13(19)9-7-12/h2-9H,10-11H2,1H3. The summed E-state index contributed by atoms with van der Waals surface area (Å²) in [5.74, 6) is 0.892. The monoisotopic (exact) mass is 402 g/mol. The Bertz CT molecular complexity index is 862. The van der Waals surface area contributed by atoms with E-state index in [1.54, 1.807) is 7.11 Å². The molecule has 1 heterocycles. The number of carbonyl (C=O) groups is 1. The minimum absolute atomic E-state index is 0.0719. The summed E-state index contributed by atoms with van der Waals surface area (Å²) >= 11 is 3.35. The highest BCUT2D eigenvalue weighted by molar-refractivity contribution is 9.10. The van der Waals surface area contributed by atoms with Crippen molar-refractivity contribution in [1.29, 1.82) is 0 Å². The normalized spacial score (nSPS) is 10.5. The smallest absolute Gasteiger partial charge is 0.310 e. The van der Waals surface area contributed by atoms with Gasteiger partial charge >= 0.3 is 5.97 Å². The molecule has 0 aliphatic rings. The average Bonchev–Trinajstić information content (AvgIpc) is 3.11. The van der Waals surface area contributed by atoms with E-state index in [9.17, 15) is 4.79 Å². The van der Waals surface area contributed by atoms with Crippen LogP contribution in [0.1, 0.15) is 11.5 Å². The Kier molecular flexibility index (Phi) is 5.45. The van der Waals surface area contributed by atoms with Crippen molar-refractivity contribution >= 4 is 21.9 Å². The first kappa shape index (κ1) is 17.2. The van der Waals surface area contributed by atoms with Crippen molar-refractivity contribution in [2.24, 2.45) is 0 Å². The highest BCUT2D eigenvalue weighted by Crippen LogP contribution is 2.27. The molecule has 0 N–H and O–H groups in total. The van der Waals surface area contributed by atoms with Crippen LogP contribution in [0.25, 0.3) is 11.4 Å². The lowest BCUT2D eigenvalue weighted by Crippen LogP contribution is -2.08. The molecule has 0 saturated carbocycles. The number of aromatic nitrogens is 2. The summed E-state index contributed by atoms with van der Waals surface area (Å²) in [6, 6.07) is 14.8. The summed E-state index contributed by atoms with van der Waals surface area (Å²) in [7, 11) is 1.57. The molecule has 0 radical (unpaired) electrons. The largest absolute Gasteiger partial charge is 0.496 e. The molecule has 3 rings (SSSR count). The molecule has 0 atom stereocenters. The SMILES string of the molecule is COc1ccccc1-c1noc(COC(=O)Cc2ccc(Br)cc2)n1. The van der Waals surface area contributed by atoms with E-state index in [0.29, 0.717) is 17.1 Å². The van der Waals surface area contributed by atoms with Crippen LogP contribution in [0, 0.1) is 0 Å².